The summed E-state index contributed by atoms with van der Waals surface area (Å²) in [4.78, 5) is 23.7. The minimum Gasteiger partial charge on any atom is -0.464 e. The predicted molar refractivity (Wildman–Crippen MR) is 96.9 cm³/mol. The zero-order chi connectivity index (χ0) is 19.4. The zero-order valence-electron chi connectivity index (χ0n) is 16.5. The van der Waals surface area contributed by atoms with Gasteiger partial charge in [0.15, 0.2) is 5.70 Å². The monoisotopic (exact) mass is 371 g/mol. The third kappa shape index (κ3) is 6.52. The quantitative estimate of drug-likeness (QED) is 0.392. The first-order valence-corrected chi connectivity index (χ1v) is 9.46. The summed E-state index contributed by atoms with van der Waals surface area (Å²) in [5.74, 6) is -2.90. The Morgan fingerprint density at radius 2 is 1.42 bits per heavy atom. The highest BCUT2D eigenvalue weighted by Gasteiger charge is 2.46. The molecule has 0 saturated heterocycles. The van der Waals surface area contributed by atoms with Gasteiger partial charge in [-0.15, -0.1) is 0 Å². The van der Waals surface area contributed by atoms with Crippen LogP contribution in [0.3, 0.4) is 0 Å². The van der Waals surface area contributed by atoms with Gasteiger partial charge in [-0.25, -0.2) is 9.59 Å². The minimum absolute atomic E-state index is 0.0721. The first kappa shape index (κ1) is 22.3. The topological polar surface area (TPSA) is 83.1 Å². The molecule has 1 aliphatic rings. The first-order valence-electron chi connectivity index (χ1n) is 9.46. The van der Waals surface area contributed by atoms with Crippen molar-refractivity contribution in [3.8, 4) is 0 Å². The van der Waals surface area contributed by atoms with Crippen molar-refractivity contribution in [2.75, 3.05) is 21.3 Å². The molecule has 150 valence electrons. The molecule has 0 saturated carbocycles. The van der Waals surface area contributed by atoms with Gasteiger partial charge >= 0.3 is 11.9 Å². The summed E-state index contributed by atoms with van der Waals surface area (Å²) in [6.07, 6.45) is 11.2. The maximum absolute atomic E-state index is 11.9. The van der Waals surface area contributed by atoms with Crippen LogP contribution in [0.25, 0.3) is 0 Å². The molecule has 1 N–H and O–H groups in total. The number of carbonyl (C=O) groups is 2. The van der Waals surface area contributed by atoms with Crippen molar-refractivity contribution in [1.29, 1.82) is 0 Å². The zero-order valence-corrected chi connectivity index (χ0v) is 16.5. The fourth-order valence-electron chi connectivity index (χ4n) is 2.95. The van der Waals surface area contributed by atoms with Crippen molar-refractivity contribution in [2.24, 2.45) is 0 Å². The molecule has 1 rings (SSSR count). The van der Waals surface area contributed by atoms with Gasteiger partial charge in [-0.05, 0) is 6.42 Å². The van der Waals surface area contributed by atoms with Crippen molar-refractivity contribution in [3.63, 3.8) is 0 Å². The van der Waals surface area contributed by atoms with Crippen LogP contribution in [0.5, 0.6) is 0 Å². The normalized spacial score (nSPS) is 19.1. The van der Waals surface area contributed by atoms with Gasteiger partial charge in [0.05, 0.1) is 14.2 Å². The van der Waals surface area contributed by atoms with Gasteiger partial charge in [0, 0.05) is 13.5 Å². The molecule has 0 aliphatic carbocycles. The molecule has 1 heterocycles. The smallest absolute Gasteiger partial charge is 0.376 e. The van der Waals surface area contributed by atoms with E-state index < -0.39 is 17.8 Å². The lowest BCUT2D eigenvalue weighted by molar-refractivity contribution is -0.209. The van der Waals surface area contributed by atoms with Crippen LogP contribution in [0.2, 0.25) is 0 Å². The number of hydrogen-bond donors (Lipinski definition) is 1. The molecule has 0 aromatic carbocycles. The van der Waals surface area contributed by atoms with Crippen LogP contribution in [0.15, 0.2) is 11.5 Å². The number of ether oxygens (including phenoxy) is 4. The third-order valence-corrected chi connectivity index (χ3v) is 4.51. The van der Waals surface area contributed by atoms with Crippen molar-refractivity contribution in [1.82, 2.24) is 5.32 Å². The Labute approximate surface area is 156 Å². The molecular weight excluding hydrogens is 338 g/mol. The Kier molecular flexibility index (Phi) is 10.1. The van der Waals surface area contributed by atoms with E-state index in [-0.39, 0.29) is 11.5 Å². The Morgan fingerprint density at radius 1 is 0.885 bits per heavy atom. The molecule has 0 radical (unpaired) electrons. The van der Waals surface area contributed by atoms with E-state index in [0.29, 0.717) is 6.42 Å². The summed E-state index contributed by atoms with van der Waals surface area (Å²) in [5, 5.41) is 2.86. The second-order valence-corrected chi connectivity index (χ2v) is 6.45. The summed E-state index contributed by atoms with van der Waals surface area (Å²) < 4.78 is 20.4. The Hall–Kier alpha value is -1.76. The van der Waals surface area contributed by atoms with Crippen LogP contribution in [-0.2, 0) is 28.5 Å². The van der Waals surface area contributed by atoms with Crippen LogP contribution in [0.4, 0.5) is 0 Å². The summed E-state index contributed by atoms with van der Waals surface area (Å²) >= 11 is 0. The number of unbranched alkanes of at least 4 members (excludes halogenated alkanes) is 8. The van der Waals surface area contributed by atoms with Gasteiger partial charge in [0.1, 0.15) is 0 Å². The highest BCUT2D eigenvalue weighted by atomic mass is 16.7. The van der Waals surface area contributed by atoms with Gasteiger partial charge in [-0.1, -0.05) is 58.3 Å². The number of hydrogen-bond acceptors (Lipinski definition) is 7. The Balaban J connectivity index is 2.45. The van der Waals surface area contributed by atoms with Crippen molar-refractivity contribution in [3.05, 3.63) is 11.5 Å². The summed E-state index contributed by atoms with van der Waals surface area (Å²) in [6, 6.07) is 0. The molecular formula is C19H33NO6. The van der Waals surface area contributed by atoms with E-state index in [1.165, 1.54) is 59.9 Å². The summed E-state index contributed by atoms with van der Waals surface area (Å²) in [6.45, 7) is 2.22. The molecule has 0 aromatic rings. The molecule has 0 bridgehead atoms. The second-order valence-electron chi connectivity index (χ2n) is 6.45. The SMILES string of the molecule is CCCCCCCCCCCC1(OC)NC(C(=O)OC)=C(C(=O)OC)O1. The lowest BCUT2D eigenvalue weighted by Crippen LogP contribution is -2.45. The molecule has 7 nitrogen and oxygen atoms in total. The van der Waals surface area contributed by atoms with Crippen LogP contribution < -0.4 is 5.32 Å². The summed E-state index contributed by atoms with van der Waals surface area (Å²) in [7, 11) is 3.93. The van der Waals surface area contributed by atoms with E-state index in [0.717, 1.165) is 19.3 Å². The van der Waals surface area contributed by atoms with Crippen LogP contribution >= 0.6 is 0 Å². The molecule has 0 amide bonds. The van der Waals surface area contributed by atoms with E-state index >= 15 is 0 Å². The number of carbonyl (C=O) groups excluding carboxylic acids is 2. The Morgan fingerprint density at radius 3 is 1.92 bits per heavy atom. The molecule has 26 heavy (non-hydrogen) atoms. The number of nitrogens with one attached hydrogen (secondary N) is 1. The number of methoxy groups -OCH3 is 3. The van der Waals surface area contributed by atoms with Gasteiger partial charge in [-0.2, -0.15) is 0 Å². The van der Waals surface area contributed by atoms with E-state index in [2.05, 4.69) is 17.0 Å². The van der Waals surface area contributed by atoms with E-state index in [9.17, 15) is 9.59 Å². The van der Waals surface area contributed by atoms with E-state index in [1.807, 2.05) is 0 Å². The molecule has 7 heteroatoms. The standard InChI is InChI=1S/C19H33NO6/c1-5-6-7-8-9-10-11-12-13-14-19(25-4)20-15(17(21)23-2)16(26-19)18(22)24-3/h20H,5-14H2,1-4H3. The number of rotatable bonds is 13. The maximum Gasteiger partial charge on any atom is 0.376 e. The fourth-order valence-corrected chi connectivity index (χ4v) is 2.95. The fraction of sp³-hybridized carbons (Fsp3) is 0.789. The van der Waals surface area contributed by atoms with E-state index in [1.54, 1.807) is 0 Å². The molecule has 1 aliphatic heterocycles. The summed E-state index contributed by atoms with van der Waals surface area (Å²) in [5.41, 5.74) is -0.0721. The second kappa shape index (κ2) is 11.8. The average molecular weight is 371 g/mol. The van der Waals surface area contributed by atoms with Crippen molar-refractivity contribution >= 4 is 11.9 Å². The molecule has 0 spiro atoms. The van der Waals surface area contributed by atoms with Crippen LogP contribution in [0, 0.1) is 0 Å². The molecule has 0 fully saturated rings. The highest BCUT2D eigenvalue weighted by molar-refractivity contribution is 5.99. The van der Waals surface area contributed by atoms with Crippen molar-refractivity contribution in [2.45, 2.75) is 77.0 Å². The maximum atomic E-state index is 11.9. The largest absolute Gasteiger partial charge is 0.464 e. The highest BCUT2D eigenvalue weighted by Crippen LogP contribution is 2.31. The molecule has 1 atom stereocenters. The lowest BCUT2D eigenvalue weighted by Gasteiger charge is -2.28. The number of esters is 2. The third-order valence-electron chi connectivity index (χ3n) is 4.51. The molecule has 0 aromatic heterocycles. The first-order chi connectivity index (χ1) is 12.5. The van der Waals surface area contributed by atoms with Gasteiger partial charge in [0.2, 0.25) is 5.76 Å². The average Bonchev–Trinajstić information content (AvgIpc) is 3.06. The van der Waals surface area contributed by atoms with E-state index in [4.69, 9.17) is 14.2 Å². The van der Waals surface area contributed by atoms with Crippen molar-refractivity contribution < 1.29 is 28.5 Å². The van der Waals surface area contributed by atoms with Crippen LogP contribution in [-0.4, -0.2) is 39.2 Å². The van der Waals surface area contributed by atoms with Gasteiger partial charge in [-0.3, -0.25) is 0 Å². The minimum atomic E-state index is -1.24. The Bertz CT molecular complexity index is 460. The van der Waals surface area contributed by atoms with Crippen LogP contribution in [0.1, 0.15) is 71.1 Å². The van der Waals surface area contributed by atoms with Gasteiger partial charge < -0.3 is 24.3 Å². The lowest BCUT2D eigenvalue weighted by atomic mass is 10.1. The molecule has 1 unspecified atom stereocenters. The predicted octanol–water partition coefficient (Wildman–Crippen LogP) is 3.38. The van der Waals surface area contributed by atoms with Gasteiger partial charge in [0.25, 0.3) is 5.91 Å².